The van der Waals surface area contributed by atoms with Gasteiger partial charge in [-0.1, -0.05) is 103 Å². The summed E-state index contributed by atoms with van der Waals surface area (Å²) in [5.41, 5.74) is 8.47. The first-order valence-corrected chi connectivity index (χ1v) is 16.5. The van der Waals surface area contributed by atoms with Crippen LogP contribution in [0.25, 0.3) is 88.5 Å². The van der Waals surface area contributed by atoms with Crippen LogP contribution < -0.4 is 0 Å². The van der Waals surface area contributed by atoms with Gasteiger partial charge in [0.25, 0.3) is 0 Å². The lowest BCUT2D eigenvalue weighted by molar-refractivity contribution is 0.595. The van der Waals surface area contributed by atoms with Gasteiger partial charge in [-0.25, -0.2) is 18.7 Å². The summed E-state index contributed by atoms with van der Waals surface area (Å²) in [6.07, 6.45) is 0. The maximum absolute atomic E-state index is 15.6. The molecule has 0 radical (unpaired) electrons. The fourth-order valence-corrected chi connectivity index (χ4v) is 7.48. The smallest absolute Gasteiger partial charge is 0.160 e. The number of hydrogen-bond acceptors (Lipinski definition) is 2. The molecule has 0 fully saturated rings. The summed E-state index contributed by atoms with van der Waals surface area (Å²) in [5.74, 6) is -0.299. The minimum Gasteiger partial charge on any atom is -0.309 e. The fourth-order valence-electron chi connectivity index (χ4n) is 7.48. The maximum Gasteiger partial charge on any atom is 0.160 e. The summed E-state index contributed by atoms with van der Waals surface area (Å²) < 4.78 is 34.4. The zero-order valence-corrected chi connectivity index (χ0v) is 26.6. The van der Waals surface area contributed by atoms with E-state index in [0.29, 0.717) is 5.82 Å². The first-order valence-electron chi connectivity index (χ1n) is 16.5. The number of halogens is 2. The molecule has 0 atom stereocenters. The molecular weight excluding hydrogens is 623 g/mol. The predicted octanol–water partition coefficient (Wildman–Crippen LogP) is 11.4. The van der Waals surface area contributed by atoms with E-state index in [1.54, 1.807) is 0 Å². The van der Waals surface area contributed by atoms with E-state index in [0.717, 1.165) is 83.1 Å². The number of nitrogens with zero attached hydrogens (tertiary/aromatic N) is 4. The minimum atomic E-state index is -0.491. The third-order valence-corrected chi connectivity index (χ3v) is 9.65. The molecule has 0 amide bonds. The SMILES string of the molecule is Fc1ccc(F)c(-n2c3ccccc3c3ccc4c(c5ccccc5n4-c4ccc(-c5nc(-c6ccccc6)nc6ccccc56)cc4)c32)c1. The summed E-state index contributed by atoms with van der Waals surface area (Å²) in [6.45, 7) is 0. The van der Waals surface area contributed by atoms with Gasteiger partial charge in [-0.2, -0.15) is 0 Å². The third-order valence-electron chi connectivity index (χ3n) is 9.65. The van der Waals surface area contributed by atoms with E-state index in [2.05, 4.69) is 59.2 Å². The highest BCUT2D eigenvalue weighted by Crippen LogP contribution is 2.42. The quantitative estimate of drug-likeness (QED) is 0.190. The Balaban J connectivity index is 1.22. The van der Waals surface area contributed by atoms with Gasteiger partial charge >= 0.3 is 0 Å². The van der Waals surface area contributed by atoms with Crippen molar-refractivity contribution in [1.29, 1.82) is 0 Å². The lowest BCUT2D eigenvalue weighted by Gasteiger charge is -2.12. The number of aromatic nitrogens is 4. The topological polar surface area (TPSA) is 35.6 Å². The van der Waals surface area contributed by atoms with Crippen molar-refractivity contribution in [3.8, 4) is 34.0 Å². The molecule has 0 aliphatic carbocycles. The Hall–Kier alpha value is -6.66. The van der Waals surface area contributed by atoms with Gasteiger partial charge in [-0.3, -0.25) is 0 Å². The van der Waals surface area contributed by atoms with Gasteiger partial charge in [-0.15, -0.1) is 0 Å². The van der Waals surface area contributed by atoms with Crippen LogP contribution in [0.3, 0.4) is 0 Å². The molecule has 0 unspecified atom stereocenters. The molecule has 7 aromatic carbocycles. The highest BCUT2D eigenvalue weighted by molar-refractivity contribution is 6.26. The highest BCUT2D eigenvalue weighted by Gasteiger charge is 2.22. The molecule has 0 bridgehead atoms. The first kappa shape index (κ1) is 28.4. The van der Waals surface area contributed by atoms with Crippen LogP contribution in [0, 0.1) is 11.6 Å². The molecule has 10 rings (SSSR count). The molecule has 0 spiro atoms. The standard InChI is InChI=1S/C44H26F2N4/c45-29-20-24-35(46)40(26-29)50-37-16-8-5-12-31(37)32-23-25-39-41(43(32)50)34-14-6-9-17-38(34)49(39)30-21-18-27(19-22-30)42-33-13-4-7-15-36(33)47-44(48-42)28-10-2-1-3-11-28/h1-26H. The average molecular weight is 649 g/mol. The van der Waals surface area contributed by atoms with Gasteiger partial charge in [-0.05, 0) is 48.5 Å². The Labute approximate surface area is 285 Å². The summed E-state index contributed by atoms with van der Waals surface area (Å²) in [6, 6.07) is 50.6. The molecule has 0 saturated heterocycles. The largest absolute Gasteiger partial charge is 0.309 e. The molecule has 0 N–H and O–H groups in total. The lowest BCUT2D eigenvalue weighted by Crippen LogP contribution is -1.99. The van der Waals surface area contributed by atoms with Gasteiger partial charge in [0, 0.05) is 49.8 Å². The van der Waals surface area contributed by atoms with E-state index < -0.39 is 11.6 Å². The summed E-state index contributed by atoms with van der Waals surface area (Å²) in [7, 11) is 0. The zero-order valence-electron chi connectivity index (χ0n) is 26.6. The van der Waals surface area contributed by atoms with Crippen LogP contribution in [-0.4, -0.2) is 19.1 Å². The number of benzene rings is 7. The van der Waals surface area contributed by atoms with Crippen molar-refractivity contribution >= 4 is 54.5 Å². The first-order chi connectivity index (χ1) is 24.6. The molecule has 3 heterocycles. The van der Waals surface area contributed by atoms with Crippen molar-refractivity contribution in [3.63, 3.8) is 0 Å². The summed E-state index contributed by atoms with van der Waals surface area (Å²) in [4.78, 5) is 9.94. The highest BCUT2D eigenvalue weighted by atomic mass is 19.1. The van der Waals surface area contributed by atoms with Gasteiger partial charge in [0.15, 0.2) is 5.82 Å². The van der Waals surface area contributed by atoms with E-state index in [1.807, 2.05) is 89.5 Å². The van der Waals surface area contributed by atoms with E-state index >= 15 is 4.39 Å². The molecule has 3 aromatic heterocycles. The molecule has 10 aromatic rings. The maximum atomic E-state index is 15.6. The van der Waals surface area contributed by atoms with Crippen molar-refractivity contribution in [2.75, 3.05) is 0 Å². The molecule has 0 aliphatic rings. The van der Waals surface area contributed by atoms with Crippen LogP contribution in [0.2, 0.25) is 0 Å². The summed E-state index contributed by atoms with van der Waals surface area (Å²) in [5, 5.41) is 4.92. The fraction of sp³-hybridized carbons (Fsp3) is 0. The minimum absolute atomic E-state index is 0.178. The normalized spacial score (nSPS) is 11.8. The van der Waals surface area contributed by atoms with Crippen LogP contribution in [0.4, 0.5) is 8.78 Å². The van der Waals surface area contributed by atoms with Crippen molar-refractivity contribution in [3.05, 3.63) is 169 Å². The monoisotopic (exact) mass is 648 g/mol. The van der Waals surface area contributed by atoms with Crippen molar-refractivity contribution in [2.45, 2.75) is 0 Å². The Morgan fingerprint density at radius 3 is 1.94 bits per heavy atom. The van der Waals surface area contributed by atoms with Crippen LogP contribution in [0.1, 0.15) is 0 Å². The van der Waals surface area contributed by atoms with Gasteiger partial charge in [0.05, 0.1) is 39.0 Å². The van der Waals surface area contributed by atoms with Crippen molar-refractivity contribution in [1.82, 2.24) is 19.1 Å². The molecule has 6 heteroatoms. The molecule has 0 saturated carbocycles. The van der Waals surface area contributed by atoms with Gasteiger partial charge < -0.3 is 9.13 Å². The van der Waals surface area contributed by atoms with E-state index in [9.17, 15) is 4.39 Å². The van der Waals surface area contributed by atoms with E-state index in [-0.39, 0.29) is 5.69 Å². The van der Waals surface area contributed by atoms with Crippen LogP contribution >= 0.6 is 0 Å². The summed E-state index contributed by atoms with van der Waals surface area (Å²) >= 11 is 0. The molecule has 50 heavy (non-hydrogen) atoms. The molecule has 4 nitrogen and oxygen atoms in total. The Bertz CT molecular complexity index is 2940. The van der Waals surface area contributed by atoms with Crippen LogP contribution in [-0.2, 0) is 0 Å². The molecule has 236 valence electrons. The van der Waals surface area contributed by atoms with E-state index in [4.69, 9.17) is 9.97 Å². The second-order valence-electron chi connectivity index (χ2n) is 12.5. The second-order valence-corrected chi connectivity index (χ2v) is 12.5. The number of rotatable bonds is 4. The molecular formula is C44H26F2N4. The number of para-hydroxylation sites is 3. The van der Waals surface area contributed by atoms with Crippen molar-refractivity contribution < 1.29 is 8.78 Å². The lowest BCUT2D eigenvalue weighted by atomic mass is 10.0. The Morgan fingerprint density at radius 1 is 0.460 bits per heavy atom. The third kappa shape index (κ3) is 4.21. The van der Waals surface area contributed by atoms with Crippen molar-refractivity contribution in [2.24, 2.45) is 0 Å². The van der Waals surface area contributed by atoms with E-state index in [1.165, 1.54) is 12.1 Å². The zero-order chi connectivity index (χ0) is 33.3. The number of hydrogen-bond donors (Lipinski definition) is 0. The van der Waals surface area contributed by atoms with Gasteiger partial charge in [0.2, 0.25) is 0 Å². The predicted molar refractivity (Wildman–Crippen MR) is 199 cm³/mol. The Kier molecular flexibility index (Phi) is 6.20. The molecule has 0 aliphatic heterocycles. The average Bonchev–Trinajstić information content (AvgIpc) is 3.69. The second kappa shape index (κ2) is 10.9. The van der Waals surface area contributed by atoms with Gasteiger partial charge in [0.1, 0.15) is 11.6 Å². The van der Waals surface area contributed by atoms with Crippen LogP contribution in [0.5, 0.6) is 0 Å². The number of fused-ring (bicyclic) bond motifs is 8. The van der Waals surface area contributed by atoms with Crippen LogP contribution in [0.15, 0.2) is 158 Å². The Morgan fingerprint density at radius 2 is 1.14 bits per heavy atom.